The van der Waals surface area contributed by atoms with Crippen molar-refractivity contribution in [3.63, 3.8) is 0 Å². The van der Waals surface area contributed by atoms with E-state index in [1.54, 1.807) is 0 Å². The van der Waals surface area contributed by atoms with Crippen molar-refractivity contribution in [2.45, 2.75) is 0 Å². The molecule has 5 nitrogen and oxygen atoms in total. The molecule has 0 aliphatic carbocycles. The van der Waals surface area contributed by atoms with Gasteiger partial charge in [-0.2, -0.15) is 9.65 Å². The molecular weight excluding hydrogens is 235 g/mol. The summed E-state index contributed by atoms with van der Waals surface area (Å²) in [6, 6.07) is 8.85. The molecule has 2 aromatic heterocycles. The number of halogens is 1. The average molecular weight is 242 g/mol. The van der Waals surface area contributed by atoms with Crippen molar-refractivity contribution in [3.8, 4) is 6.07 Å². The Hall–Kier alpha value is -2.81. The second-order valence-corrected chi connectivity index (χ2v) is 3.34. The molecule has 0 aromatic carbocycles. The van der Waals surface area contributed by atoms with Crippen molar-refractivity contribution in [1.29, 1.82) is 5.26 Å². The van der Waals surface area contributed by atoms with E-state index < -0.39 is 11.9 Å². The highest BCUT2D eigenvalue weighted by molar-refractivity contribution is 6.02. The summed E-state index contributed by atoms with van der Waals surface area (Å²) in [4.78, 5) is 19.0. The zero-order valence-corrected chi connectivity index (χ0v) is 9.09. The van der Waals surface area contributed by atoms with E-state index in [4.69, 9.17) is 5.26 Å². The normalized spacial score (nSPS) is 9.56. The molecule has 2 aromatic rings. The Kier molecular flexibility index (Phi) is 3.25. The van der Waals surface area contributed by atoms with Gasteiger partial charge in [-0.1, -0.05) is 6.07 Å². The van der Waals surface area contributed by atoms with Crippen LogP contribution in [0.3, 0.4) is 0 Å². The maximum absolute atomic E-state index is 12.8. The van der Waals surface area contributed by atoms with Crippen LogP contribution in [0.5, 0.6) is 0 Å². The number of carbonyl (C=O) groups excluding carboxylic acids is 1. The van der Waals surface area contributed by atoms with Crippen LogP contribution in [0.25, 0.3) is 0 Å². The molecule has 0 bridgehead atoms. The largest absolute Gasteiger partial charge is 0.305 e. The number of hydrogen-bond acceptors (Lipinski definition) is 4. The summed E-state index contributed by atoms with van der Waals surface area (Å²) in [5, 5.41) is 11.0. The van der Waals surface area contributed by atoms with E-state index in [1.165, 1.54) is 36.5 Å². The molecule has 0 atom stereocenters. The third kappa shape index (κ3) is 2.65. The monoisotopic (exact) mass is 242 g/mol. The maximum atomic E-state index is 12.8. The number of aromatic nitrogens is 2. The predicted molar refractivity (Wildman–Crippen MR) is 61.1 cm³/mol. The summed E-state index contributed by atoms with van der Waals surface area (Å²) in [5.74, 6) is -1.09. The van der Waals surface area contributed by atoms with Crippen LogP contribution >= 0.6 is 0 Å². The summed E-state index contributed by atoms with van der Waals surface area (Å²) in [6.07, 6.45) is 1.29. The first-order valence-electron chi connectivity index (χ1n) is 4.99. The lowest BCUT2D eigenvalue weighted by Gasteiger charge is -2.03. The highest BCUT2D eigenvalue weighted by atomic mass is 19.1. The Labute approximate surface area is 102 Å². The standard InChI is InChI=1S/C12H7FN4O/c13-10-2-1-3-11(16-10)17-12(18)9-5-4-8(6-14)7-15-9/h1-5,7H,(H,16,17,18). The van der Waals surface area contributed by atoms with Gasteiger partial charge in [-0.15, -0.1) is 0 Å². The molecule has 0 aliphatic rings. The molecule has 0 aliphatic heterocycles. The molecule has 0 fully saturated rings. The molecule has 0 spiro atoms. The number of hydrogen-bond donors (Lipinski definition) is 1. The van der Waals surface area contributed by atoms with Gasteiger partial charge in [0, 0.05) is 6.20 Å². The SMILES string of the molecule is N#Cc1ccc(C(=O)Nc2cccc(F)n2)nc1. The van der Waals surface area contributed by atoms with Gasteiger partial charge < -0.3 is 5.32 Å². The molecule has 0 saturated heterocycles. The molecule has 1 amide bonds. The van der Waals surface area contributed by atoms with Gasteiger partial charge in [0.2, 0.25) is 5.95 Å². The van der Waals surface area contributed by atoms with Crippen LogP contribution in [0.2, 0.25) is 0 Å². The molecule has 18 heavy (non-hydrogen) atoms. The molecule has 0 radical (unpaired) electrons. The summed E-state index contributed by atoms with van der Waals surface area (Å²) < 4.78 is 12.8. The van der Waals surface area contributed by atoms with E-state index >= 15 is 0 Å². The minimum absolute atomic E-state index is 0.103. The number of pyridine rings is 2. The minimum Gasteiger partial charge on any atom is -0.305 e. The Morgan fingerprint density at radius 1 is 1.33 bits per heavy atom. The van der Waals surface area contributed by atoms with Gasteiger partial charge in [0.05, 0.1) is 5.56 Å². The zero-order valence-electron chi connectivity index (χ0n) is 9.09. The van der Waals surface area contributed by atoms with Gasteiger partial charge >= 0.3 is 0 Å². The summed E-state index contributed by atoms with van der Waals surface area (Å²) in [6.45, 7) is 0. The number of nitrogens with zero attached hydrogens (tertiary/aromatic N) is 3. The van der Waals surface area contributed by atoms with E-state index in [1.807, 2.05) is 6.07 Å². The topological polar surface area (TPSA) is 78.7 Å². The van der Waals surface area contributed by atoms with Gasteiger partial charge in [0.25, 0.3) is 5.91 Å². The molecule has 6 heteroatoms. The Morgan fingerprint density at radius 3 is 2.78 bits per heavy atom. The second kappa shape index (κ2) is 5.01. The van der Waals surface area contributed by atoms with Gasteiger partial charge in [-0.25, -0.2) is 9.97 Å². The third-order valence-corrected chi connectivity index (χ3v) is 2.08. The van der Waals surface area contributed by atoms with Crippen LogP contribution in [0.1, 0.15) is 16.1 Å². The fourth-order valence-corrected chi connectivity index (χ4v) is 1.25. The first-order valence-corrected chi connectivity index (χ1v) is 4.99. The third-order valence-electron chi connectivity index (χ3n) is 2.08. The van der Waals surface area contributed by atoms with E-state index in [0.29, 0.717) is 5.56 Å². The van der Waals surface area contributed by atoms with Crippen molar-refractivity contribution in [2.75, 3.05) is 5.32 Å². The quantitative estimate of drug-likeness (QED) is 0.813. The molecule has 0 unspecified atom stereocenters. The van der Waals surface area contributed by atoms with E-state index in [-0.39, 0.29) is 11.5 Å². The first-order chi connectivity index (χ1) is 8.69. The Bertz CT molecular complexity index is 619. The van der Waals surface area contributed by atoms with Crippen LogP contribution in [-0.2, 0) is 0 Å². The van der Waals surface area contributed by atoms with Crippen molar-refractivity contribution in [2.24, 2.45) is 0 Å². The maximum Gasteiger partial charge on any atom is 0.275 e. The van der Waals surface area contributed by atoms with Crippen LogP contribution in [-0.4, -0.2) is 15.9 Å². The van der Waals surface area contributed by atoms with Crippen molar-refractivity contribution < 1.29 is 9.18 Å². The lowest BCUT2D eigenvalue weighted by Crippen LogP contribution is -2.14. The van der Waals surface area contributed by atoms with Crippen molar-refractivity contribution in [1.82, 2.24) is 9.97 Å². The highest BCUT2D eigenvalue weighted by Crippen LogP contribution is 2.06. The number of amides is 1. The molecule has 0 saturated carbocycles. The second-order valence-electron chi connectivity index (χ2n) is 3.34. The fourth-order valence-electron chi connectivity index (χ4n) is 1.25. The summed E-state index contributed by atoms with van der Waals surface area (Å²) >= 11 is 0. The summed E-state index contributed by atoms with van der Waals surface area (Å²) in [7, 11) is 0. The van der Waals surface area contributed by atoms with Gasteiger partial charge in [0.1, 0.15) is 17.6 Å². The van der Waals surface area contributed by atoms with Crippen LogP contribution < -0.4 is 5.32 Å². The van der Waals surface area contributed by atoms with Crippen LogP contribution in [0.4, 0.5) is 10.2 Å². The van der Waals surface area contributed by atoms with Crippen LogP contribution in [0, 0.1) is 17.3 Å². The van der Waals surface area contributed by atoms with Crippen molar-refractivity contribution in [3.05, 3.63) is 53.7 Å². The Morgan fingerprint density at radius 2 is 2.17 bits per heavy atom. The zero-order chi connectivity index (χ0) is 13.0. The average Bonchev–Trinajstić information content (AvgIpc) is 2.39. The molecule has 1 N–H and O–H groups in total. The van der Waals surface area contributed by atoms with E-state index in [0.717, 1.165) is 0 Å². The van der Waals surface area contributed by atoms with Gasteiger partial charge in [-0.05, 0) is 24.3 Å². The van der Waals surface area contributed by atoms with Gasteiger partial charge in [-0.3, -0.25) is 4.79 Å². The fraction of sp³-hybridized carbons (Fsp3) is 0. The number of rotatable bonds is 2. The molecule has 2 rings (SSSR count). The van der Waals surface area contributed by atoms with Gasteiger partial charge in [0.15, 0.2) is 0 Å². The first kappa shape index (κ1) is 11.7. The van der Waals surface area contributed by atoms with E-state index in [9.17, 15) is 9.18 Å². The summed E-state index contributed by atoms with van der Waals surface area (Å²) in [5.41, 5.74) is 0.482. The number of carbonyl (C=O) groups is 1. The van der Waals surface area contributed by atoms with Crippen molar-refractivity contribution >= 4 is 11.7 Å². The molecule has 2 heterocycles. The molecule has 88 valence electrons. The predicted octanol–water partition coefficient (Wildman–Crippen LogP) is 1.74. The lowest BCUT2D eigenvalue weighted by molar-refractivity contribution is 0.102. The highest BCUT2D eigenvalue weighted by Gasteiger charge is 2.08. The number of nitriles is 1. The lowest BCUT2D eigenvalue weighted by atomic mass is 10.2. The number of anilines is 1. The Balaban J connectivity index is 2.14. The molecular formula is C12H7FN4O. The number of nitrogens with one attached hydrogen (secondary N) is 1. The van der Waals surface area contributed by atoms with Crippen LogP contribution in [0.15, 0.2) is 36.5 Å². The van der Waals surface area contributed by atoms with E-state index in [2.05, 4.69) is 15.3 Å². The smallest absolute Gasteiger partial charge is 0.275 e. The minimum atomic E-state index is -0.680.